The molecule has 1 aliphatic rings. The van der Waals surface area contributed by atoms with Gasteiger partial charge in [-0.2, -0.15) is 0 Å². The van der Waals surface area contributed by atoms with Crippen LogP contribution in [0.4, 0.5) is 5.69 Å². The maximum atomic E-state index is 12.0. The first-order valence-electron chi connectivity index (χ1n) is 9.43. The summed E-state index contributed by atoms with van der Waals surface area (Å²) in [5, 5.41) is 3.36. The second-order valence-electron chi connectivity index (χ2n) is 6.77. The first-order chi connectivity index (χ1) is 13.7. The fraction of sp³-hybridized carbons (Fsp3) is 0.174. The molecule has 4 rings (SSSR count). The minimum atomic E-state index is -0.425. The lowest BCUT2D eigenvalue weighted by Crippen LogP contribution is -2.43. The van der Waals surface area contributed by atoms with Crippen LogP contribution in [0.2, 0.25) is 0 Å². The zero-order chi connectivity index (χ0) is 19.3. The molecule has 1 aliphatic heterocycles. The number of ether oxygens (including phenoxy) is 1. The Labute approximate surface area is 164 Å². The first-order valence-corrected chi connectivity index (χ1v) is 9.43. The van der Waals surface area contributed by atoms with Gasteiger partial charge in [0.15, 0.2) is 0 Å². The molecule has 142 valence electrons. The molecule has 0 saturated carbocycles. The number of piperazine rings is 1. The Kier molecular flexibility index (Phi) is 5.26. The number of carbonyl (C=O) groups is 1. The lowest BCUT2D eigenvalue weighted by Gasteiger charge is -2.30. The molecule has 0 unspecified atom stereocenters. The van der Waals surface area contributed by atoms with Gasteiger partial charge in [-0.15, -0.1) is 0 Å². The van der Waals surface area contributed by atoms with E-state index in [0.717, 1.165) is 54.5 Å². The minimum absolute atomic E-state index is 0.425. The summed E-state index contributed by atoms with van der Waals surface area (Å²) >= 11 is 0. The monoisotopic (exact) mass is 373 g/mol. The van der Waals surface area contributed by atoms with Gasteiger partial charge < -0.3 is 20.7 Å². The Bertz CT molecular complexity index is 949. The largest absolute Gasteiger partial charge is 0.457 e. The third-order valence-electron chi connectivity index (χ3n) is 4.89. The van der Waals surface area contributed by atoms with E-state index in [1.807, 2.05) is 66.7 Å². The molecule has 1 fully saturated rings. The highest BCUT2D eigenvalue weighted by Crippen LogP contribution is 2.31. The van der Waals surface area contributed by atoms with E-state index in [1.165, 1.54) is 0 Å². The molecule has 0 aromatic heterocycles. The molecule has 5 heteroatoms. The molecule has 0 spiro atoms. The molecule has 5 nitrogen and oxygen atoms in total. The second kappa shape index (κ2) is 8.15. The van der Waals surface area contributed by atoms with Crippen LogP contribution in [0.3, 0.4) is 0 Å². The summed E-state index contributed by atoms with van der Waals surface area (Å²) in [6.45, 7) is 3.80. The third-order valence-corrected chi connectivity index (χ3v) is 4.89. The van der Waals surface area contributed by atoms with Crippen molar-refractivity contribution in [3.63, 3.8) is 0 Å². The van der Waals surface area contributed by atoms with Gasteiger partial charge in [-0.1, -0.05) is 30.3 Å². The first kappa shape index (κ1) is 18.1. The highest BCUT2D eigenvalue weighted by molar-refractivity contribution is 6.00. The number of amides is 1. The van der Waals surface area contributed by atoms with E-state index in [9.17, 15) is 4.79 Å². The lowest BCUT2D eigenvalue weighted by atomic mass is 9.98. The number of nitrogens with zero attached hydrogens (tertiary/aromatic N) is 1. The number of rotatable bonds is 5. The predicted molar refractivity (Wildman–Crippen MR) is 112 cm³/mol. The Hall–Kier alpha value is -3.31. The van der Waals surface area contributed by atoms with Crippen LogP contribution in [0.25, 0.3) is 11.1 Å². The SMILES string of the molecule is NC(=O)c1ccc(N2CCNCC2)cc1-c1ccc(Oc2ccccc2)cc1. The Morgan fingerprint density at radius 2 is 1.57 bits per heavy atom. The van der Waals surface area contributed by atoms with E-state index in [4.69, 9.17) is 10.5 Å². The summed E-state index contributed by atoms with van der Waals surface area (Å²) in [6.07, 6.45) is 0. The molecule has 3 N–H and O–H groups in total. The van der Waals surface area contributed by atoms with Crippen molar-refractivity contribution in [2.45, 2.75) is 0 Å². The number of para-hydroxylation sites is 1. The number of nitrogens with two attached hydrogens (primary N) is 1. The molecule has 0 radical (unpaired) electrons. The highest BCUT2D eigenvalue weighted by Gasteiger charge is 2.16. The number of primary amides is 1. The van der Waals surface area contributed by atoms with Gasteiger partial charge in [0.05, 0.1) is 0 Å². The van der Waals surface area contributed by atoms with Gasteiger partial charge in [0.25, 0.3) is 0 Å². The van der Waals surface area contributed by atoms with Crippen molar-refractivity contribution in [1.29, 1.82) is 0 Å². The van der Waals surface area contributed by atoms with Crippen LogP contribution in [-0.2, 0) is 0 Å². The van der Waals surface area contributed by atoms with Crippen molar-refractivity contribution in [3.8, 4) is 22.6 Å². The minimum Gasteiger partial charge on any atom is -0.457 e. The van der Waals surface area contributed by atoms with E-state index >= 15 is 0 Å². The average Bonchev–Trinajstić information content (AvgIpc) is 2.75. The maximum Gasteiger partial charge on any atom is 0.249 e. The van der Waals surface area contributed by atoms with Gasteiger partial charge >= 0.3 is 0 Å². The van der Waals surface area contributed by atoms with Crippen LogP contribution in [0.15, 0.2) is 72.8 Å². The van der Waals surface area contributed by atoms with Gasteiger partial charge in [-0.3, -0.25) is 4.79 Å². The third kappa shape index (κ3) is 4.00. The summed E-state index contributed by atoms with van der Waals surface area (Å²) in [7, 11) is 0. The van der Waals surface area contributed by atoms with Gasteiger partial charge in [-0.05, 0) is 53.6 Å². The smallest absolute Gasteiger partial charge is 0.249 e. The molecule has 3 aromatic rings. The summed E-state index contributed by atoms with van der Waals surface area (Å²) < 4.78 is 5.86. The molecule has 0 atom stereocenters. The Morgan fingerprint density at radius 1 is 0.893 bits per heavy atom. The Morgan fingerprint density at radius 3 is 2.25 bits per heavy atom. The quantitative estimate of drug-likeness (QED) is 0.716. The molecular weight excluding hydrogens is 350 g/mol. The highest BCUT2D eigenvalue weighted by atomic mass is 16.5. The molecule has 1 saturated heterocycles. The fourth-order valence-electron chi connectivity index (χ4n) is 3.43. The zero-order valence-corrected chi connectivity index (χ0v) is 15.6. The summed E-state index contributed by atoms with van der Waals surface area (Å²) in [5.41, 5.74) is 9.03. The molecule has 0 aliphatic carbocycles. The van der Waals surface area contributed by atoms with Crippen molar-refractivity contribution in [2.75, 3.05) is 31.1 Å². The van der Waals surface area contributed by atoms with Crippen LogP contribution in [0.1, 0.15) is 10.4 Å². The molecule has 28 heavy (non-hydrogen) atoms. The van der Waals surface area contributed by atoms with Crippen LogP contribution in [-0.4, -0.2) is 32.1 Å². The normalized spacial score (nSPS) is 13.9. The van der Waals surface area contributed by atoms with Crippen molar-refractivity contribution in [2.24, 2.45) is 5.73 Å². The van der Waals surface area contributed by atoms with Crippen molar-refractivity contribution in [1.82, 2.24) is 5.32 Å². The summed E-state index contributed by atoms with van der Waals surface area (Å²) in [6, 6.07) is 23.2. The number of anilines is 1. The number of nitrogens with one attached hydrogen (secondary N) is 1. The maximum absolute atomic E-state index is 12.0. The lowest BCUT2D eigenvalue weighted by molar-refractivity contribution is 0.100. The van der Waals surface area contributed by atoms with Crippen LogP contribution < -0.4 is 20.7 Å². The van der Waals surface area contributed by atoms with Gasteiger partial charge in [0.1, 0.15) is 11.5 Å². The summed E-state index contributed by atoms with van der Waals surface area (Å²) in [4.78, 5) is 14.3. The molecular formula is C23H23N3O2. The predicted octanol–water partition coefficient (Wildman–Crippen LogP) is 3.65. The van der Waals surface area contributed by atoms with Crippen molar-refractivity contribution < 1.29 is 9.53 Å². The van der Waals surface area contributed by atoms with E-state index in [1.54, 1.807) is 0 Å². The Balaban J connectivity index is 1.63. The number of benzene rings is 3. The zero-order valence-electron chi connectivity index (χ0n) is 15.6. The standard InChI is InChI=1S/C23H23N3O2/c24-23(27)21-11-8-18(26-14-12-25-13-15-26)16-22(21)17-6-9-20(10-7-17)28-19-4-2-1-3-5-19/h1-11,16,25H,12-15H2,(H2,24,27). The topological polar surface area (TPSA) is 67.6 Å². The van der Waals surface area contributed by atoms with Crippen molar-refractivity contribution in [3.05, 3.63) is 78.4 Å². The van der Waals surface area contributed by atoms with E-state index in [-0.39, 0.29) is 0 Å². The average molecular weight is 373 g/mol. The number of hydrogen-bond acceptors (Lipinski definition) is 4. The van der Waals surface area contributed by atoms with Gasteiger partial charge in [-0.25, -0.2) is 0 Å². The fourth-order valence-corrected chi connectivity index (χ4v) is 3.43. The van der Waals surface area contributed by atoms with E-state index in [0.29, 0.717) is 5.56 Å². The number of hydrogen-bond donors (Lipinski definition) is 2. The van der Waals surface area contributed by atoms with Crippen molar-refractivity contribution >= 4 is 11.6 Å². The summed E-state index contributed by atoms with van der Waals surface area (Å²) in [5.74, 6) is 1.11. The molecule has 0 bridgehead atoms. The van der Waals surface area contributed by atoms with Crippen LogP contribution in [0, 0.1) is 0 Å². The van der Waals surface area contributed by atoms with E-state index in [2.05, 4.69) is 16.3 Å². The van der Waals surface area contributed by atoms with E-state index < -0.39 is 5.91 Å². The van der Waals surface area contributed by atoms with Crippen LogP contribution in [0.5, 0.6) is 11.5 Å². The second-order valence-corrected chi connectivity index (χ2v) is 6.77. The van der Waals surface area contributed by atoms with Gasteiger partial charge in [0.2, 0.25) is 5.91 Å². The molecule has 1 amide bonds. The molecule has 1 heterocycles. The van der Waals surface area contributed by atoms with Gasteiger partial charge in [0, 0.05) is 37.4 Å². The molecule has 3 aromatic carbocycles. The van der Waals surface area contributed by atoms with Crippen LogP contribution >= 0.6 is 0 Å². The number of carbonyl (C=O) groups excluding carboxylic acids is 1.